The normalized spacial score (nSPS) is 14.0. The molecule has 0 bridgehead atoms. The Balaban J connectivity index is 2.61. The van der Waals surface area contributed by atoms with Crippen LogP contribution in [0.1, 0.15) is 25.5 Å². The summed E-state index contributed by atoms with van der Waals surface area (Å²) < 4.78 is 1.14. The molecule has 0 aromatic heterocycles. The van der Waals surface area contributed by atoms with Gasteiger partial charge >= 0.3 is 0 Å². The maximum Gasteiger partial charge on any atom is 0.0306 e. The van der Waals surface area contributed by atoms with Crippen LogP contribution >= 0.6 is 27.5 Å². The minimum Gasteiger partial charge on any atom is -0.306 e. The molecule has 0 aliphatic rings. The molecule has 1 atom stereocenters. The first kappa shape index (κ1) is 12.8. The van der Waals surface area contributed by atoms with Gasteiger partial charge in [-0.3, -0.25) is 0 Å². The summed E-state index contributed by atoms with van der Waals surface area (Å²) in [4.78, 5) is 0. The standard InChI is InChI=1S/C12H15BrClN/c1-9(7-14)8-15-10(2)11-5-3-4-6-12(11)13/h3-7,10,15H,8H2,1-2H3/b9-7+/t10-/m0/s1. The molecule has 0 radical (unpaired) electrons. The Bertz CT molecular complexity index is 349. The molecule has 0 spiro atoms. The minimum absolute atomic E-state index is 0.312. The zero-order valence-corrected chi connectivity index (χ0v) is 11.3. The summed E-state index contributed by atoms with van der Waals surface area (Å²) in [6.07, 6.45) is 0. The fourth-order valence-corrected chi connectivity index (χ4v) is 1.99. The molecule has 15 heavy (non-hydrogen) atoms. The van der Waals surface area contributed by atoms with Gasteiger partial charge in [0.25, 0.3) is 0 Å². The van der Waals surface area contributed by atoms with Crippen LogP contribution in [0.25, 0.3) is 0 Å². The molecule has 3 heteroatoms. The Morgan fingerprint density at radius 1 is 1.53 bits per heavy atom. The molecular weight excluding hydrogens is 273 g/mol. The van der Waals surface area contributed by atoms with Crippen molar-refractivity contribution in [2.75, 3.05) is 6.54 Å². The van der Waals surface area contributed by atoms with E-state index in [0.717, 1.165) is 16.6 Å². The summed E-state index contributed by atoms with van der Waals surface area (Å²) in [5.74, 6) is 0. The summed E-state index contributed by atoms with van der Waals surface area (Å²) in [5.41, 5.74) is 4.01. The van der Waals surface area contributed by atoms with Crippen molar-refractivity contribution in [1.29, 1.82) is 0 Å². The lowest BCUT2D eigenvalue weighted by Gasteiger charge is -2.15. The van der Waals surface area contributed by atoms with Gasteiger partial charge in [-0.1, -0.05) is 45.7 Å². The van der Waals surface area contributed by atoms with E-state index in [0.29, 0.717) is 6.04 Å². The topological polar surface area (TPSA) is 12.0 Å². The average Bonchev–Trinajstić information content (AvgIpc) is 2.26. The van der Waals surface area contributed by atoms with Crippen molar-refractivity contribution in [3.05, 3.63) is 45.4 Å². The zero-order valence-electron chi connectivity index (χ0n) is 8.93. The second kappa shape index (κ2) is 6.31. The Morgan fingerprint density at radius 2 is 2.20 bits per heavy atom. The van der Waals surface area contributed by atoms with Crippen LogP contribution in [0.2, 0.25) is 0 Å². The van der Waals surface area contributed by atoms with Crippen LogP contribution in [-0.2, 0) is 0 Å². The van der Waals surface area contributed by atoms with Crippen molar-refractivity contribution in [2.45, 2.75) is 19.9 Å². The van der Waals surface area contributed by atoms with Crippen LogP contribution in [0.5, 0.6) is 0 Å². The quantitative estimate of drug-likeness (QED) is 0.874. The lowest BCUT2D eigenvalue weighted by molar-refractivity contribution is 0.605. The highest BCUT2D eigenvalue weighted by Crippen LogP contribution is 2.22. The molecule has 1 aromatic carbocycles. The van der Waals surface area contributed by atoms with Gasteiger partial charge in [0, 0.05) is 22.6 Å². The Kier molecular flexibility index (Phi) is 5.37. The third-order valence-corrected chi connectivity index (χ3v) is 3.34. The van der Waals surface area contributed by atoms with E-state index >= 15 is 0 Å². The summed E-state index contributed by atoms with van der Waals surface area (Å²) in [5, 5.41) is 3.41. The average molecular weight is 289 g/mol. The van der Waals surface area contributed by atoms with Gasteiger partial charge in [-0.05, 0) is 31.1 Å². The van der Waals surface area contributed by atoms with Gasteiger partial charge in [-0.2, -0.15) is 0 Å². The first-order chi connectivity index (χ1) is 7.15. The molecule has 0 aliphatic heterocycles. The van der Waals surface area contributed by atoms with Crippen molar-refractivity contribution in [3.63, 3.8) is 0 Å². The van der Waals surface area contributed by atoms with Crippen LogP contribution in [0.3, 0.4) is 0 Å². The fourth-order valence-electron chi connectivity index (χ4n) is 1.29. The highest BCUT2D eigenvalue weighted by atomic mass is 79.9. The lowest BCUT2D eigenvalue weighted by Crippen LogP contribution is -2.20. The van der Waals surface area contributed by atoms with E-state index in [1.54, 1.807) is 5.54 Å². The largest absolute Gasteiger partial charge is 0.306 e. The number of hydrogen-bond donors (Lipinski definition) is 1. The van der Waals surface area contributed by atoms with Crippen LogP contribution in [0.15, 0.2) is 39.8 Å². The second-order valence-corrected chi connectivity index (χ2v) is 4.65. The number of nitrogens with one attached hydrogen (secondary N) is 1. The number of benzene rings is 1. The summed E-state index contributed by atoms with van der Waals surface area (Å²) in [6, 6.07) is 8.54. The molecule has 82 valence electrons. The third-order valence-electron chi connectivity index (χ3n) is 2.25. The Labute approximate surface area is 105 Å². The lowest BCUT2D eigenvalue weighted by atomic mass is 10.1. The molecule has 0 saturated heterocycles. The molecular formula is C12H15BrClN. The summed E-state index contributed by atoms with van der Waals surface area (Å²) in [7, 11) is 0. The van der Waals surface area contributed by atoms with Crippen molar-refractivity contribution in [1.82, 2.24) is 5.32 Å². The maximum absolute atomic E-state index is 5.60. The van der Waals surface area contributed by atoms with Crippen LogP contribution in [0.4, 0.5) is 0 Å². The van der Waals surface area contributed by atoms with Crippen molar-refractivity contribution < 1.29 is 0 Å². The SMILES string of the molecule is C/C(=C\Cl)CN[C@@H](C)c1ccccc1Br. The molecule has 1 rings (SSSR count). The van der Waals surface area contributed by atoms with Crippen LogP contribution in [-0.4, -0.2) is 6.54 Å². The van der Waals surface area contributed by atoms with E-state index in [9.17, 15) is 0 Å². The zero-order chi connectivity index (χ0) is 11.3. The molecule has 0 fully saturated rings. The van der Waals surface area contributed by atoms with Gasteiger partial charge in [0.2, 0.25) is 0 Å². The molecule has 1 nitrogen and oxygen atoms in total. The highest BCUT2D eigenvalue weighted by molar-refractivity contribution is 9.10. The number of hydrogen-bond acceptors (Lipinski definition) is 1. The van der Waals surface area contributed by atoms with E-state index in [1.807, 2.05) is 19.1 Å². The van der Waals surface area contributed by atoms with Gasteiger partial charge in [-0.15, -0.1) is 0 Å². The van der Waals surface area contributed by atoms with E-state index in [4.69, 9.17) is 11.6 Å². The van der Waals surface area contributed by atoms with Crippen molar-refractivity contribution in [3.8, 4) is 0 Å². The molecule has 0 saturated carbocycles. The van der Waals surface area contributed by atoms with Gasteiger partial charge in [0.15, 0.2) is 0 Å². The monoisotopic (exact) mass is 287 g/mol. The minimum atomic E-state index is 0.312. The first-order valence-corrected chi connectivity index (χ1v) is 6.11. The van der Waals surface area contributed by atoms with E-state index < -0.39 is 0 Å². The molecule has 0 aliphatic carbocycles. The number of halogens is 2. The van der Waals surface area contributed by atoms with Crippen molar-refractivity contribution in [2.24, 2.45) is 0 Å². The first-order valence-electron chi connectivity index (χ1n) is 4.89. The predicted molar refractivity (Wildman–Crippen MR) is 70.2 cm³/mol. The number of rotatable bonds is 4. The molecule has 0 unspecified atom stereocenters. The van der Waals surface area contributed by atoms with Crippen LogP contribution in [0, 0.1) is 0 Å². The third kappa shape index (κ3) is 3.98. The Morgan fingerprint density at radius 3 is 2.80 bits per heavy atom. The van der Waals surface area contributed by atoms with E-state index in [2.05, 4.69) is 40.3 Å². The van der Waals surface area contributed by atoms with Gasteiger partial charge in [-0.25, -0.2) is 0 Å². The molecule has 0 amide bonds. The fraction of sp³-hybridized carbons (Fsp3) is 0.333. The summed E-state index contributed by atoms with van der Waals surface area (Å²) in [6.45, 7) is 4.96. The van der Waals surface area contributed by atoms with E-state index in [1.165, 1.54) is 5.56 Å². The smallest absolute Gasteiger partial charge is 0.0306 e. The molecule has 1 aromatic rings. The van der Waals surface area contributed by atoms with Crippen LogP contribution < -0.4 is 5.32 Å². The van der Waals surface area contributed by atoms with Crippen molar-refractivity contribution >= 4 is 27.5 Å². The Hall–Kier alpha value is -0.310. The van der Waals surface area contributed by atoms with Gasteiger partial charge in [0.05, 0.1) is 0 Å². The second-order valence-electron chi connectivity index (χ2n) is 3.58. The summed E-state index contributed by atoms with van der Waals surface area (Å²) >= 11 is 9.14. The van der Waals surface area contributed by atoms with Gasteiger partial charge in [0.1, 0.15) is 0 Å². The maximum atomic E-state index is 5.60. The molecule has 1 N–H and O–H groups in total. The highest BCUT2D eigenvalue weighted by Gasteiger charge is 2.07. The van der Waals surface area contributed by atoms with E-state index in [-0.39, 0.29) is 0 Å². The predicted octanol–water partition coefficient (Wildman–Crippen LogP) is 4.24. The molecule has 0 heterocycles. The van der Waals surface area contributed by atoms with Gasteiger partial charge < -0.3 is 5.32 Å².